The molecule has 0 unspecified atom stereocenters. The quantitative estimate of drug-likeness (QED) is 0.250. The molecule has 0 aromatic rings. The van der Waals surface area contributed by atoms with Gasteiger partial charge in [-0.3, -0.25) is 0 Å². The molecule has 0 atom stereocenters. The second kappa shape index (κ2) is 5.25. The molecule has 0 spiro atoms. The third kappa shape index (κ3) is 3.80. The predicted octanol–water partition coefficient (Wildman–Crippen LogP) is 0.904. The van der Waals surface area contributed by atoms with Gasteiger partial charge in [-0.2, -0.15) is 21.6 Å². The van der Waals surface area contributed by atoms with Crippen molar-refractivity contribution in [3.8, 4) is 0 Å². The first-order chi connectivity index (χ1) is 7.56. The summed E-state index contributed by atoms with van der Waals surface area (Å²) in [4.78, 5) is 11.0. The molecule has 0 aliphatic carbocycles. The van der Waals surface area contributed by atoms with Gasteiger partial charge in [0.2, 0.25) is 5.76 Å². The number of esters is 1. The lowest BCUT2D eigenvalue weighted by Gasteiger charge is -2.12. The van der Waals surface area contributed by atoms with Crippen LogP contribution in [0.1, 0.15) is 6.92 Å². The molecule has 17 heavy (non-hydrogen) atoms. The highest BCUT2D eigenvalue weighted by Crippen LogP contribution is 2.27. The van der Waals surface area contributed by atoms with Crippen molar-refractivity contribution in [1.82, 2.24) is 0 Å². The van der Waals surface area contributed by atoms with Gasteiger partial charge in [0, 0.05) is 0 Å². The molecule has 0 aromatic heterocycles. The summed E-state index contributed by atoms with van der Waals surface area (Å²) in [5.74, 6) is -2.82. The average Bonchev–Trinajstić information content (AvgIpc) is 2.15. The molecule has 0 aromatic carbocycles. The van der Waals surface area contributed by atoms with Gasteiger partial charge < -0.3 is 13.7 Å². The summed E-state index contributed by atoms with van der Waals surface area (Å²) in [6.45, 7) is 0.818. The summed E-state index contributed by atoms with van der Waals surface area (Å²) in [7, 11) is -3.96. The summed E-state index contributed by atoms with van der Waals surface area (Å²) >= 11 is 0. The highest BCUT2D eigenvalue weighted by Gasteiger charge is 2.49. The van der Waals surface area contributed by atoms with E-state index < -0.39 is 33.1 Å². The summed E-state index contributed by atoms with van der Waals surface area (Å²) in [6, 6.07) is 0. The van der Waals surface area contributed by atoms with Gasteiger partial charge in [-0.15, -0.1) is 0 Å². The normalized spacial score (nSPS) is 13.8. The molecule has 0 rings (SSSR count). The Morgan fingerprint density at radius 1 is 1.12 bits per heavy atom. The third-order valence-corrected chi connectivity index (χ3v) is 2.45. The van der Waals surface area contributed by atoms with E-state index >= 15 is 0 Å². The minimum Gasteiger partial charge on any atom is -0.488 e. The van der Waals surface area contributed by atoms with E-state index in [0.717, 1.165) is 21.1 Å². The first-order valence-electron chi connectivity index (χ1n) is 3.90. The van der Waals surface area contributed by atoms with E-state index in [2.05, 4.69) is 13.7 Å². The minimum absolute atomic E-state index is 0.777. The third-order valence-electron chi connectivity index (χ3n) is 1.41. The average molecular weight is 278 g/mol. The largest absolute Gasteiger partial charge is 0.534 e. The second-order valence-electron chi connectivity index (χ2n) is 2.56. The van der Waals surface area contributed by atoms with E-state index in [0.29, 0.717) is 0 Å². The van der Waals surface area contributed by atoms with Crippen molar-refractivity contribution in [2.75, 3.05) is 14.2 Å². The molecule has 0 fully saturated rings. The van der Waals surface area contributed by atoms with Crippen LogP contribution in [0.5, 0.6) is 0 Å². The van der Waals surface area contributed by atoms with Crippen molar-refractivity contribution in [3.63, 3.8) is 0 Å². The lowest BCUT2D eigenvalue weighted by atomic mass is 10.4. The van der Waals surface area contributed by atoms with Gasteiger partial charge in [-0.05, 0) is 6.92 Å². The Morgan fingerprint density at radius 3 is 1.88 bits per heavy atom. The molecule has 0 amide bonds. The van der Waals surface area contributed by atoms with Gasteiger partial charge in [0.25, 0.3) is 0 Å². The number of hydrogen-bond acceptors (Lipinski definition) is 6. The number of carbonyl (C=O) groups excluding carboxylic acids is 1. The molecular formula is C7H9F3O6S. The fourth-order valence-electron chi connectivity index (χ4n) is 0.713. The molecule has 0 heterocycles. The maximum Gasteiger partial charge on any atom is 0.534 e. The fraction of sp³-hybridized carbons (Fsp3) is 0.571. The Labute approximate surface area is 95.1 Å². The van der Waals surface area contributed by atoms with Gasteiger partial charge in [0.15, 0.2) is 5.76 Å². The Bertz CT molecular complexity index is 421. The number of allylic oxidation sites excluding steroid dienone is 1. The van der Waals surface area contributed by atoms with Gasteiger partial charge in [0.05, 0.1) is 14.2 Å². The summed E-state index contributed by atoms with van der Waals surface area (Å²) in [5, 5.41) is 0. The lowest BCUT2D eigenvalue weighted by molar-refractivity contribution is -0.140. The number of carbonyl (C=O) groups is 1. The molecule has 0 bridgehead atoms. The molecule has 0 saturated heterocycles. The van der Waals surface area contributed by atoms with Crippen molar-refractivity contribution in [2.24, 2.45) is 0 Å². The maximum absolute atomic E-state index is 12.0. The molecule has 0 aliphatic rings. The fourth-order valence-corrected chi connectivity index (χ4v) is 1.21. The Hall–Kier alpha value is -1.45. The smallest absolute Gasteiger partial charge is 0.488 e. The van der Waals surface area contributed by atoms with Crippen LogP contribution in [-0.4, -0.2) is 34.1 Å². The van der Waals surface area contributed by atoms with Crippen molar-refractivity contribution < 1.29 is 40.0 Å². The number of hydrogen-bond donors (Lipinski definition) is 0. The number of rotatable bonds is 4. The molecule has 6 nitrogen and oxygen atoms in total. The van der Waals surface area contributed by atoms with Crippen LogP contribution in [0.25, 0.3) is 0 Å². The number of halogens is 3. The zero-order valence-corrected chi connectivity index (χ0v) is 9.81. The summed E-state index contributed by atoms with van der Waals surface area (Å²) in [5.41, 5.74) is -5.59. The van der Waals surface area contributed by atoms with Crippen molar-refractivity contribution in [3.05, 3.63) is 11.5 Å². The monoisotopic (exact) mass is 278 g/mol. The molecule has 0 radical (unpaired) electrons. The first kappa shape index (κ1) is 15.5. The van der Waals surface area contributed by atoms with Crippen LogP contribution >= 0.6 is 0 Å². The van der Waals surface area contributed by atoms with Crippen LogP contribution in [0, 0.1) is 0 Å². The molecule has 0 aliphatic heterocycles. The summed E-state index contributed by atoms with van der Waals surface area (Å²) in [6.07, 6.45) is 0. The van der Waals surface area contributed by atoms with E-state index in [-0.39, 0.29) is 0 Å². The number of alkyl halides is 3. The van der Waals surface area contributed by atoms with Crippen molar-refractivity contribution in [2.45, 2.75) is 12.4 Å². The number of ether oxygens (including phenoxy) is 2. The number of methoxy groups -OCH3 is 2. The van der Waals surface area contributed by atoms with E-state index in [9.17, 15) is 26.4 Å². The molecule has 10 heteroatoms. The maximum atomic E-state index is 12.0. The van der Waals surface area contributed by atoms with Gasteiger partial charge in [0.1, 0.15) is 0 Å². The van der Waals surface area contributed by atoms with Crippen LogP contribution in [0.15, 0.2) is 11.5 Å². The van der Waals surface area contributed by atoms with Crippen molar-refractivity contribution in [1.29, 1.82) is 0 Å². The van der Waals surface area contributed by atoms with Crippen molar-refractivity contribution >= 4 is 16.1 Å². The SMILES string of the molecule is COC(=O)/C(OC)=C(/C)OS(=O)(=O)C(F)(F)F. The summed E-state index contributed by atoms with van der Waals surface area (Å²) < 4.78 is 69.3. The van der Waals surface area contributed by atoms with Gasteiger partial charge in [-0.25, -0.2) is 4.79 Å². The first-order valence-corrected chi connectivity index (χ1v) is 5.31. The zero-order chi connectivity index (χ0) is 13.9. The van der Waals surface area contributed by atoms with E-state index in [1.807, 2.05) is 0 Å². The minimum atomic E-state index is -5.84. The van der Waals surface area contributed by atoms with Crippen LogP contribution < -0.4 is 0 Å². The van der Waals surface area contributed by atoms with Gasteiger partial charge >= 0.3 is 21.6 Å². The van der Waals surface area contributed by atoms with Crippen LogP contribution in [0.3, 0.4) is 0 Å². The zero-order valence-electron chi connectivity index (χ0n) is 8.99. The van der Waals surface area contributed by atoms with Crippen LogP contribution in [0.2, 0.25) is 0 Å². The van der Waals surface area contributed by atoms with Crippen LogP contribution in [-0.2, 0) is 28.6 Å². The Morgan fingerprint density at radius 2 is 1.59 bits per heavy atom. The predicted molar refractivity (Wildman–Crippen MR) is 47.8 cm³/mol. The van der Waals surface area contributed by atoms with E-state index in [1.165, 1.54) is 0 Å². The Balaban J connectivity index is 5.27. The lowest BCUT2D eigenvalue weighted by Crippen LogP contribution is -2.26. The molecule has 0 N–H and O–H groups in total. The molecule has 0 saturated carbocycles. The Kier molecular flexibility index (Phi) is 4.81. The topological polar surface area (TPSA) is 78.9 Å². The highest BCUT2D eigenvalue weighted by atomic mass is 32.2. The standard InChI is InChI=1S/C7H9F3O6S/c1-4(5(14-2)6(11)15-3)16-17(12,13)7(8,9)10/h1-3H3/b5-4+. The van der Waals surface area contributed by atoms with E-state index in [4.69, 9.17) is 0 Å². The van der Waals surface area contributed by atoms with E-state index in [1.54, 1.807) is 0 Å². The molecular weight excluding hydrogens is 269 g/mol. The van der Waals surface area contributed by atoms with Crippen LogP contribution in [0.4, 0.5) is 13.2 Å². The second-order valence-corrected chi connectivity index (χ2v) is 4.10. The highest BCUT2D eigenvalue weighted by molar-refractivity contribution is 7.87. The van der Waals surface area contributed by atoms with Gasteiger partial charge in [-0.1, -0.05) is 0 Å². The molecule has 100 valence electrons.